The number of benzene rings is 2. The lowest BCUT2D eigenvalue weighted by molar-refractivity contribution is 0.298. The fourth-order valence-corrected chi connectivity index (χ4v) is 5.08. The van der Waals surface area contributed by atoms with Crippen molar-refractivity contribution in [3.05, 3.63) is 65.2 Å². The Bertz CT molecular complexity index is 667. The summed E-state index contributed by atoms with van der Waals surface area (Å²) in [5.41, 5.74) is 4.38. The standard InChI is InChI=1S/C22H29NS/c1-4-6-14-22(5-2)16-24-20-15-17(3)12-13-19(20)21(23-22)18-10-8-7-9-11-18/h7-13,15,21,23H,4-6,14,16H2,1-3H3/t21-,22+/m0/s1. The van der Waals surface area contributed by atoms with Crippen LogP contribution in [0.25, 0.3) is 0 Å². The molecule has 0 bridgehead atoms. The van der Waals surface area contributed by atoms with E-state index in [0.29, 0.717) is 0 Å². The summed E-state index contributed by atoms with van der Waals surface area (Å²) in [6.45, 7) is 6.83. The van der Waals surface area contributed by atoms with Gasteiger partial charge in [0.1, 0.15) is 0 Å². The third-order valence-electron chi connectivity index (χ3n) is 5.25. The lowest BCUT2D eigenvalue weighted by Gasteiger charge is -2.36. The van der Waals surface area contributed by atoms with E-state index in [4.69, 9.17) is 0 Å². The van der Waals surface area contributed by atoms with Gasteiger partial charge in [-0.2, -0.15) is 0 Å². The number of nitrogens with one attached hydrogen (secondary N) is 1. The predicted octanol–water partition coefficient (Wildman–Crippen LogP) is 6.12. The van der Waals surface area contributed by atoms with Crippen LogP contribution in [0.1, 0.15) is 62.3 Å². The number of unbranched alkanes of at least 4 members (excludes halogenated alkanes) is 1. The van der Waals surface area contributed by atoms with Crippen LogP contribution in [0.5, 0.6) is 0 Å². The molecule has 0 spiro atoms. The van der Waals surface area contributed by atoms with Crippen LogP contribution in [0, 0.1) is 6.92 Å². The molecule has 1 nitrogen and oxygen atoms in total. The van der Waals surface area contributed by atoms with Gasteiger partial charge in [0, 0.05) is 16.2 Å². The monoisotopic (exact) mass is 339 g/mol. The van der Waals surface area contributed by atoms with E-state index < -0.39 is 0 Å². The Kier molecular flexibility index (Phi) is 5.68. The average molecular weight is 340 g/mol. The summed E-state index contributed by atoms with van der Waals surface area (Å²) in [5, 5.41) is 4.09. The fraction of sp³-hybridized carbons (Fsp3) is 0.455. The van der Waals surface area contributed by atoms with Crippen LogP contribution in [-0.4, -0.2) is 11.3 Å². The molecule has 2 aromatic rings. The van der Waals surface area contributed by atoms with E-state index >= 15 is 0 Å². The van der Waals surface area contributed by atoms with Gasteiger partial charge in [0.05, 0.1) is 6.04 Å². The molecule has 0 unspecified atom stereocenters. The first-order valence-corrected chi connectivity index (χ1v) is 10.2. The van der Waals surface area contributed by atoms with Crippen molar-refractivity contribution < 1.29 is 0 Å². The minimum atomic E-state index is 0.216. The SMILES string of the molecule is CCCC[C@]1(CC)CSc2cc(C)ccc2[C@H](c2ccccc2)N1. The molecule has 3 rings (SSSR count). The van der Waals surface area contributed by atoms with E-state index in [1.165, 1.54) is 47.3 Å². The molecule has 1 aliphatic heterocycles. The Morgan fingerprint density at radius 2 is 1.92 bits per heavy atom. The minimum Gasteiger partial charge on any atom is -0.300 e. The third-order valence-corrected chi connectivity index (χ3v) is 6.61. The van der Waals surface area contributed by atoms with Crippen molar-refractivity contribution in [3.63, 3.8) is 0 Å². The van der Waals surface area contributed by atoms with Crippen molar-refractivity contribution in [2.24, 2.45) is 0 Å². The second-order valence-electron chi connectivity index (χ2n) is 7.06. The van der Waals surface area contributed by atoms with Gasteiger partial charge in [-0.1, -0.05) is 69.2 Å². The smallest absolute Gasteiger partial charge is 0.0592 e. The molecule has 2 atom stereocenters. The Balaban J connectivity index is 2.04. The molecule has 0 saturated heterocycles. The van der Waals surface area contributed by atoms with Crippen LogP contribution in [0.4, 0.5) is 0 Å². The molecule has 1 N–H and O–H groups in total. The highest BCUT2D eigenvalue weighted by Crippen LogP contribution is 2.41. The second kappa shape index (κ2) is 7.76. The van der Waals surface area contributed by atoms with E-state index in [1.807, 2.05) is 11.8 Å². The van der Waals surface area contributed by atoms with Gasteiger partial charge in [0.15, 0.2) is 0 Å². The van der Waals surface area contributed by atoms with Gasteiger partial charge in [-0.05, 0) is 42.5 Å². The van der Waals surface area contributed by atoms with Crippen molar-refractivity contribution in [1.82, 2.24) is 5.32 Å². The molecule has 0 fully saturated rings. The maximum Gasteiger partial charge on any atom is 0.0592 e. The summed E-state index contributed by atoms with van der Waals surface area (Å²) < 4.78 is 0. The van der Waals surface area contributed by atoms with Gasteiger partial charge < -0.3 is 0 Å². The van der Waals surface area contributed by atoms with Gasteiger partial charge in [-0.25, -0.2) is 0 Å². The molecule has 0 aliphatic carbocycles. The lowest BCUT2D eigenvalue weighted by Crippen LogP contribution is -2.48. The number of aryl methyl sites for hydroxylation is 1. The molecular formula is C22H29NS. The Morgan fingerprint density at radius 3 is 2.62 bits per heavy atom. The topological polar surface area (TPSA) is 12.0 Å². The van der Waals surface area contributed by atoms with Gasteiger partial charge in [0.2, 0.25) is 0 Å². The quantitative estimate of drug-likeness (QED) is 0.704. The van der Waals surface area contributed by atoms with Crippen LogP contribution >= 0.6 is 11.8 Å². The molecule has 0 amide bonds. The summed E-state index contributed by atoms with van der Waals surface area (Å²) in [5.74, 6) is 1.16. The van der Waals surface area contributed by atoms with Gasteiger partial charge >= 0.3 is 0 Å². The largest absolute Gasteiger partial charge is 0.300 e. The minimum absolute atomic E-state index is 0.216. The molecule has 0 radical (unpaired) electrons. The molecule has 24 heavy (non-hydrogen) atoms. The summed E-state index contributed by atoms with van der Waals surface area (Å²) >= 11 is 2.04. The first kappa shape index (κ1) is 17.6. The Morgan fingerprint density at radius 1 is 1.12 bits per heavy atom. The van der Waals surface area contributed by atoms with E-state index in [9.17, 15) is 0 Å². The summed E-state index contributed by atoms with van der Waals surface area (Å²) in [6, 6.07) is 18.2. The van der Waals surface area contributed by atoms with Crippen LogP contribution in [0.2, 0.25) is 0 Å². The van der Waals surface area contributed by atoms with Crippen LogP contribution < -0.4 is 5.32 Å². The Labute approximate surface area is 151 Å². The van der Waals surface area contributed by atoms with E-state index in [-0.39, 0.29) is 11.6 Å². The number of rotatable bonds is 5. The summed E-state index contributed by atoms with van der Waals surface area (Å²) in [7, 11) is 0. The molecule has 128 valence electrons. The maximum atomic E-state index is 4.09. The van der Waals surface area contributed by atoms with Gasteiger partial charge in [-0.3, -0.25) is 5.32 Å². The molecule has 2 heteroatoms. The number of hydrogen-bond donors (Lipinski definition) is 1. The van der Waals surface area contributed by atoms with Gasteiger partial charge in [-0.15, -0.1) is 11.8 Å². The average Bonchev–Trinajstić information content (AvgIpc) is 2.78. The van der Waals surface area contributed by atoms with Gasteiger partial charge in [0.25, 0.3) is 0 Å². The molecule has 1 heterocycles. The predicted molar refractivity (Wildman–Crippen MR) is 106 cm³/mol. The molecule has 1 aliphatic rings. The fourth-order valence-electron chi connectivity index (χ4n) is 3.60. The first-order valence-electron chi connectivity index (χ1n) is 9.23. The number of fused-ring (bicyclic) bond motifs is 1. The highest BCUT2D eigenvalue weighted by molar-refractivity contribution is 7.99. The zero-order valence-electron chi connectivity index (χ0n) is 15.1. The highest BCUT2D eigenvalue weighted by Gasteiger charge is 2.35. The van der Waals surface area contributed by atoms with Crippen LogP contribution in [0.15, 0.2) is 53.4 Å². The van der Waals surface area contributed by atoms with Crippen LogP contribution in [-0.2, 0) is 0 Å². The number of hydrogen-bond acceptors (Lipinski definition) is 2. The van der Waals surface area contributed by atoms with Crippen molar-refractivity contribution in [2.75, 3.05) is 5.75 Å². The highest BCUT2D eigenvalue weighted by atomic mass is 32.2. The van der Waals surface area contributed by atoms with E-state index in [0.717, 1.165) is 5.75 Å². The third kappa shape index (κ3) is 3.70. The number of thioether (sulfide) groups is 1. The van der Waals surface area contributed by atoms with E-state index in [1.54, 1.807) is 0 Å². The van der Waals surface area contributed by atoms with E-state index in [2.05, 4.69) is 74.6 Å². The van der Waals surface area contributed by atoms with Crippen molar-refractivity contribution >= 4 is 11.8 Å². The van der Waals surface area contributed by atoms with Crippen LogP contribution in [0.3, 0.4) is 0 Å². The zero-order valence-corrected chi connectivity index (χ0v) is 16.0. The van der Waals surface area contributed by atoms with Crippen molar-refractivity contribution in [1.29, 1.82) is 0 Å². The normalized spacial score (nSPS) is 23.5. The molecular weight excluding hydrogens is 310 g/mol. The Hall–Kier alpha value is -1.25. The zero-order chi connectivity index (χ0) is 17.0. The first-order chi connectivity index (χ1) is 11.7. The van der Waals surface area contributed by atoms with Crippen molar-refractivity contribution in [3.8, 4) is 0 Å². The summed E-state index contributed by atoms with van der Waals surface area (Å²) in [6.07, 6.45) is 4.98. The second-order valence-corrected chi connectivity index (χ2v) is 8.07. The molecule has 0 aromatic heterocycles. The lowest BCUT2D eigenvalue weighted by atomic mass is 9.88. The molecule has 2 aromatic carbocycles. The van der Waals surface area contributed by atoms with Crippen molar-refractivity contribution in [2.45, 2.75) is 62.9 Å². The molecule has 0 saturated carbocycles. The summed E-state index contributed by atoms with van der Waals surface area (Å²) in [4.78, 5) is 1.45. The maximum absolute atomic E-state index is 4.09.